The molecule has 0 unspecified atom stereocenters. The second-order valence-electron chi connectivity index (χ2n) is 3.64. The quantitative estimate of drug-likeness (QED) is 0.668. The first-order valence-corrected chi connectivity index (χ1v) is 6.64. The van der Waals surface area contributed by atoms with Gasteiger partial charge in [-0.2, -0.15) is 0 Å². The Morgan fingerprint density at radius 1 is 0.533 bits per heavy atom. The summed E-state index contributed by atoms with van der Waals surface area (Å²) >= 11 is 0. The zero-order valence-corrected chi connectivity index (χ0v) is 11.5. The SMILES string of the molecule is CCCCCCC.CCCN.CCCN. The van der Waals surface area contributed by atoms with Gasteiger partial charge in [0.1, 0.15) is 0 Å². The molecule has 0 fully saturated rings. The zero-order valence-electron chi connectivity index (χ0n) is 11.5. The van der Waals surface area contributed by atoms with Crippen molar-refractivity contribution in [3.8, 4) is 0 Å². The maximum absolute atomic E-state index is 5.03. The number of hydrogen-bond acceptors (Lipinski definition) is 2. The van der Waals surface area contributed by atoms with Crippen molar-refractivity contribution >= 4 is 0 Å². The lowest BCUT2D eigenvalue weighted by molar-refractivity contribution is 0.656. The molecule has 0 aromatic rings. The number of rotatable bonds is 6. The van der Waals surface area contributed by atoms with Crippen LogP contribution in [0.3, 0.4) is 0 Å². The van der Waals surface area contributed by atoms with Crippen molar-refractivity contribution in [2.45, 2.75) is 72.6 Å². The van der Waals surface area contributed by atoms with Crippen LogP contribution >= 0.6 is 0 Å². The Morgan fingerprint density at radius 3 is 0.933 bits per heavy atom. The third-order valence-electron chi connectivity index (χ3n) is 1.78. The van der Waals surface area contributed by atoms with Gasteiger partial charge in [0, 0.05) is 0 Å². The van der Waals surface area contributed by atoms with E-state index < -0.39 is 0 Å². The molecular weight excluding hydrogens is 184 g/mol. The molecule has 0 aromatic heterocycles. The molecule has 0 aliphatic carbocycles. The van der Waals surface area contributed by atoms with Gasteiger partial charge < -0.3 is 11.5 Å². The summed E-state index contributed by atoms with van der Waals surface area (Å²) in [5.41, 5.74) is 10.1. The molecule has 0 rings (SSSR count). The van der Waals surface area contributed by atoms with E-state index >= 15 is 0 Å². The van der Waals surface area contributed by atoms with Crippen molar-refractivity contribution in [3.63, 3.8) is 0 Å². The van der Waals surface area contributed by atoms with Gasteiger partial charge in [0.05, 0.1) is 0 Å². The van der Waals surface area contributed by atoms with Crippen molar-refractivity contribution < 1.29 is 0 Å². The molecule has 2 heteroatoms. The predicted molar refractivity (Wildman–Crippen MR) is 73.1 cm³/mol. The van der Waals surface area contributed by atoms with Crippen molar-refractivity contribution in [1.82, 2.24) is 0 Å². The van der Waals surface area contributed by atoms with Crippen LogP contribution in [0.2, 0.25) is 0 Å². The minimum atomic E-state index is 0.819. The summed E-state index contributed by atoms with van der Waals surface area (Å²) < 4.78 is 0. The Labute approximate surface area is 97.8 Å². The van der Waals surface area contributed by atoms with E-state index in [1.165, 1.54) is 32.1 Å². The van der Waals surface area contributed by atoms with Crippen molar-refractivity contribution in [2.24, 2.45) is 11.5 Å². The van der Waals surface area contributed by atoms with E-state index in [1.54, 1.807) is 0 Å². The van der Waals surface area contributed by atoms with Crippen LogP contribution in [0.1, 0.15) is 72.6 Å². The maximum atomic E-state index is 5.03. The lowest BCUT2D eigenvalue weighted by Crippen LogP contribution is -1.93. The van der Waals surface area contributed by atoms with Gasteiger partial charge in [-0.15, -0.1) is 0 Å². The highest BCUT2D eigenvalue weighted by Crippen LogP contribution is 2.00. The van der Waals surface area contributed by atoms with E-state index in [0.717, 1.165) is 25.9 Å². The Morgan fingerprint density at radius 2 is 0.800 bits per heavy atom. The molecule has 0 amide bonds. The summed E-state index contributed by atoms with van der Waals surface area (Å²) in [4.78, 5) is 0. The molecule has 0 aromatic carbocycles. The van der Waals surface area contributed by atoms with E-state index in [9.17, 15) is 0 Å². The Balaban J connectivity index is -0.000000155. The van der Waals surface area contributed by atoms with Gasteiger partial charge in [0.25, 0.3) is 0 Å². The molecule has 15 heavy (non-hydrogen) atoms. The van der Waals surface area contributed by atoms with Crippen LogP contribution in [0.4, 0.5) is 0 Å². The third-order valence-corrected chi connectivity index (χ3v) is 1.78. The molecule has 96 valence electrons. The summed E-state index contributed by atoms with van der Waals surface area (Å²) in [7, 11) is 0. The van der Waals surface area contributed by atoms with Gasteiger partial charge in [-0.25, -0.2) is 0 Å². The summed E-state index contributed by atoms with van der Waals surface area (Å²) in [5.74, 6) is 0. The first-order valence-electron chi connectivity index (χ1n) is 6.64. The number of nitrogens with two attached hydrogens (primary N) is 2. The van der Waals surface area contributed by atoms with Gasteiger partial charge in [-0.1, -0.05) is 59.8 Å². The molecule has 2 nitrogen and oxygen atoms in total. The third kappa shape index (κ3) is 56.4. The average Bonchev–Trinajstić information content (AvgIpc) is 2.30. The average molecular weight is 218 g/mol. The molecule has 0 radical (unpaired) electrons. The summed E-state index contributed by atoms with van der Waals surface area (Å²) in [6.45, 7) is 10.2. The highest BCUT2D eigenvalue weighted by molar-refractivity contribution is 4.35. The molecule has 0 bridgehead atoms. The monoisotopic (exact) mass is 218 g/mol. The smallest absolute Gasteiger partial charge is 0.00799 e. The van der Waals surface area contributed by atoms with Crippen LogP contribution < -0.4 is 11.5 Å². The highest BCUT2D eigenvalue weighted by atomic mass is 14.5. The van der Waals surface area contributed by atoms with Gasteiger partial charge in [0.2, 0.25) is 0 Å². The summed E-state index contributed by atoms with van der Waals surface area (Å²) in [6, 6.07) is 0. The Bertz CT molecular complexity index is 53.6. The van der Waals surface area contributed by atoms with Gasteiger partial charge in [-0.3, -0.25) is 0 Å². The van der Waals surface area contributed by atoms with E-state index in [4.69, 9.17) is 11.5 Å². The molecule has 0 aliphatic heterocycles. The fraction of sp³-hybridized carbons (Fsp3) is 1.00. The second-order valence-corrected chi connectivity index (χ2v) is 3.64. The Hall–Kier alpha value is -0.0800. The molecule has 0 atom stereocenters. The number of hydrogen-bond donors (Lipinski definition) is 2. The van der Waals surface area contributed by atoms with Gasteiger partial charge in [-0.05, 0) is 25.9 Å². The maximum Gasteiger partial charge on any atom is -0.00799 e. The predicted octanol–water partition coefficient (Wildman–Crippen LogP) is 3.69. The van der Waals surface area contributed by atoms with E-state index in [0.29, 0.717) is 0 Å². The van der Waals surface area contributed by atoms with Crippen LogP contribution in [-0.2, 0) is 0 Å². The van der Waals surface area contributed by atoms with Crippen LogP contribution in [0.5, 0.6) is 0 Å². The van der Waals surface area contributed by atoms with Crippen molar-refractivity contribution in [3.05, 3.63) is 0 Å². The molecule has 0 saturated carbocycles. The van der Waals surface area contributed by atoms with Crippen LogP contribution in [0, 0.1) is 0 Å². The van der Waals surface area contributed by atoms with Crippen molar-refractivity contribution in [1.29, 1.82) is 0 Å². The summed E-state index contributed by atoms with van der Waals surface area (Å²) in [5, 5.41) is 0. The molecule has 0 spiro atoms. The van der Waals surface area contributed by atoms with Crippen LogP contribution in [0.15, 0.2) is 0 Å². The Kier molecular flexibility index (Phi) is 39.6. The minimum absolute atomic E-state index is 0.819. The first kappa shape index (κ1) is 20.3. The van der Waals surface area contributed by atoms with Gasteiger partial charge in [0.15, 0.2) is 0 Å². The largest absolute Gasteiger partial charge is 0.330 e. The first-order chi connectivity index (χ1) is 7.24. The number of unbranched alkanes of at least 4 members (excludes halogenated alkanes) is 4. The van der Waals surface area contributed by atoms with Gasteiger partial charge >= 0.3 is 0 Å². The highest BCUT2D eigenvalue weighted by Gasteiger charge is 1.80. The fourth-order valence-corrected chi connectivity index (χ4v) is 0.677. The zero-order chi connectivity index (χ0) is 12.4. The molecular formula is C13H34N2. The molecule has 4 N–H and O–H groups in total. The standard InChI is InChI=1S/C7H16.2C3H9N/c1-3-5-7-6-4-2;2*1-2-3-4/h3-7H2,1-2H3;2*2-4H2,1H3. The molecule has 0 saturated heterocycles. The topological polar surface area (TPSA) is 52.0 Å². The molecule has 0 aliphatic rings. The minimum Gasteiger partial charge on any atom is -0.330 e. The molecule has 0 heterocycles. The van der Waals surface area contributed by atoms with E-state index in [2.05, 4.69) is 27.7 Å². The van der Waals surface area contributed by atoms with Crippen molar-refractivity contribution in [2.75, 3.05) is 13.1 Å². The second kappa shape index (κ2) is 29.2. The summed E-state index contributed by atoms with van der Waals surface area (Å²) in [6.07, 6.45) is 9.20. The lowest BCUT2D eigenvalue weighted by atomic mass is 10.2. The van der Waals surface area contributed by atoms with Crippen LogP contribution in [-0.4, -0.2) is 13.1 Å². The van der Waals surface area contributed by atoms with Crippen LogP contribution in [0.25, 0.3) is 0 Å². The lowest BCUT2D eigenvalue weighted by Gasteiger charge is -1.90. The normalized spacial score (nSPS) is 8.40. The van der Waals surface area contributed by atoms with E-state index in [1.807, 2.05) is 0 Å². The fourth-order valence-electron chi connectivity index (χ4n) is 0.677. The van der Waals surface area contributed by atoms with E-state index in [-0.39, 0.29) is 0 Å².